The Bertz CT molecular complexity index is 908. The maximum atomic E-state index is 13.6. The maximum absolute atomic E-state index is 13.6. The minimum absolute atomic E-state index is 0.0391. The number of carbonyl (C=O) groups is 2. The fraction of sp³-hybridized carbons (Fsp3) is 0.481. The van der Waals surface area contributed by atoms with Crippen LogP contribution >= 0.6 is 0 Å². The summed E-state index contributed by atoms with van der Waals surface area (Å²) in [5, 5.41) is 13.1. The normalized spacial score (nSPS) is 20.4. The molecular weight excluding hydrogens is 400 g/mol. The molecule has 1 aliphatic carbocycles. The lowest BCUT2D eigenvalue weighted by molar-refractivity contribution is -0.140. The van der Waals surface area contributed by atoms with Gasteiger partial charge in [-0.1, -0.05) is 80.6 Å². The summed E-state index contributed by atoms with van der Waals surface area (Å²) in [6.07, 6.45) is 9.06. The third kappa shape index (κ3) is 5.57. The Morgan fingerprint density at radius 2 is 1.72 bits per heavy atom. The molecule has 0 saturated heterocycles. The standard InChI is InChI=1S/C27H34N2O3/c30-26-23(28-24(27(31)32)17-15-20-9-3-1-4-10-20)18-16-22-13-7-8-14-25(22)29(26)19-21-11-5-2-6-12-21/h2,5-8,11-14,20,23-24,28H,1,3-4,9-10,15-19H2,(H,31,32)/t23?,24-/m1/s1. The number of aryl methyl sites for hydroxylation is 1. The summed E-state index contributed by atoms with van der Waals surface area (Å²) < 4.78 is 0. The van der Waals surface area contributed by atoms with Gasteiger partial charge in [0.25, 0.3) is 0 Å². The van der Waals surface area contributed by atoms with Crippen molar-refractivity contribution >= 4 is 17.6 Å². The monoisotopic (exact) mass is 434 g/mol. The van der Waals surface area contributed by atoms with Gasteiger partial charge < -0.3 is 10.0 Å². The molecule has 170 valence electrons. The zero-order chi connectivity index (χ0) is 22.3. The van der Waals surface area contributed by atoms with E-state index < -0.39 is 18.1 Å². The predicted molar refractivity (Wildman–Crippen MR) is 127 cm³/mol. The molecule has 0 aromatic heterocycles. The van der Waals surface area contributed by atoms with Crippen LogP contribution in [0.1, 0.15) is 62.5 Å². The van der Waals surface area contributed by atoms with Crippen LogP contribution in [0.3, 0.4) is 0 Å². The Labute approximate surface area is 190 Å². The van der Waals surface area contributed by atoms with Crippen molar-refractivity contribution in [1.82, 2.24) is 5.32 Å². The van der Waals surface area contributed by atoms with Crippen molar-refractivity contribution < 1.29 is 14.7 Å². The highest BCUT2D eigenvalue weighted by Crippen LogP contribution is 2.30. The van der Waals surface area contributed by atoms with Gasteiger partial charge in [-0.05, 0) is 48.8 Å². The zero-order valence-electron chi connectivity index (χ0n) is 18.7. The van der Waals surface area contributed by atoms with Crippen LogP contribution in [-0.2, 0) is 22.6 Å². The Kier molecular flexibility index (Phi) is 7.59. The average Bonchev–Trinajstić information content (AvgIpc) is 2.95. The highest BCUT2D eigenvalue weighted by atomic mass is 16.4. The van der Waals surface area contributed by atoms with E-state index in [0.717, 1.165) is 29.7 Å². The smallest absolute Gasteiger partial charge is 0.320 e. The molecule has 1 aliphatic heterocycles. The summed E-state index contributed by atoms with van der Waals surface area (Å²) in [7, 11) is 0. The van der Waals surface area contributed by atoms with Gasteiger partial charge in [-0.2, -0.15) is 0 Å². The number of anilines is 1. The maximum Gasteiger partial charge on any atom is 0.320 e. The van der Waals surface area contributed by atoms with Gasteiger partial charge in [0.05, 0.1) is 12.6 Å². The van der Waals surface area contributed by atoms with Gasteiger partial charge in [0, 0.05) is 5.69 Å². The molecular formula is C27H34N2O3. The van der Waals surface area contributed by atoms with E-state index in [-0.39, 0.29) is 5.91 Å². The quantitative estimate of drug-likeness (QED) is 0.618. The first-order valence-corrected chi connectivity index (χ1v) is 12.0. The van der Waals surface area contributed by atoms with Crippen molar-refractivity contribution in [2.24, 2.45) is 5.92 Å². The number of hydrogen-bond acceptors (Lipinski definition) is 3. The highest BCUT2D eigenvalue weighted by Gasteiger charge is 2.33. The van der Waals surface area contributed by atoms with Crippen molar-refractivity contribution in [3.05, 3.63) is 65.7 Å². The molecule has 5 heteroatoms. The van der Waals surface area contributed by atoms with Crippen LogP contribution in [0.25, 0.3) is 0 Å². The molecule has 0 radical (unpaired) electrons. The Morgan fingerprint density at radius 1 is 1.00 bits per heavy atom. The van der Waals surface area contributed by atoms with Crippen LogP contribution in [-0.4, -0.2) is 29.1 Å². The second-order valence-corrected chi connectivity index (χ2v) is 9.27. The molecule has 0 bridgehead atoms. The van der Waals surface area contributed by atoms with Crippen LogP contribution in [0, 0.1) is 5.92 Å². The van der Waals surface area contributed by atoms with Crippen LogP contribution in [0.5, 0.6) is 0 Å². The molecule has 1 unspecified atom stereocenters. The van der Waals surface area contributed by atoms with Gasteiger partial charge in [0.15, 0.2) is 0 Å². The summed E-state index contributed by atoms with van der Waals surface area (Å²) in [5.41, 5.74) is 3.12. The molecule has 2 aliphatic rings. The van der Waals surface area contributed by atoms with Gasteiger partial charge in [-0.3, -0.25) is 14.9 Å². The van der Waals surface area contributed by atoms with Crippen molar-refractivity contribution in [2.45, 2.75) is 76.4 Å². The number of amides is 1. The first-order chi connectivity index (χ1) is 15.6. The van der Waals surface area contributed by atoms with Crippen molar-refractivity contribution in [3.8, 4) is 0 Å². The summed E-state index contributed by atoms with van der Waals surface area (Å²) >= 11 is 0. The number of nitrogens with one attached hydrogen (secondary N) is 1. The van der Waals surface area contributed by atoms with Gasteiger partial charge >= 0.3 is 5.97 Å². The van der Waals surface area contributed by atoms with E-state index in [1.165, 1.54) is 32.1 Å². The van der Waals surface area contributed by atoms with E-state index in [0.29, 0.717) is 25.3 Å². The number of para-hydroxylation sites is 1. The SMILES string of the molecule is O=C(O)[C@@H](CCC1CCCCC1)NC1CCc2ccccc2N(Cc2ccccc2)C1=O. The summed E-state index contributed by atoms with van der Waals surface area (Å²) in [4.78, 5) is 27.5. The van der Waals surface area contributed by atoms with Crippen molar-refractivity contribution in [3.63, 3.8) is 0 Å². The number of nitrogens with zero attached hydrogens (tertiary/aromatic N) is 1. The molecule has 1 saturated carbocycles. The number of carbonyl (C=O) groups excluding carboxylic acids is 1. The Hall–Kier alpha value is -2.66. The van der Waals surface area contributed by atoms with E-state index in [2.05, 4.69) is 11.4 Å². The van der Waals surface area contributed by atoms with E-state index in [9.17, 15) is 14.7 Å². The van der Waals surface area contributed by atoms with Gasteiger partial charge in [-0.25, -0.2) is 0 Å². The lowest BCUT2D eigenvalue weighted by Crippen LogP contribution is -2.51. The van der Waals surface area contributed by atoms with Crippen molar-refractivity contribution in [1.29, 1.82) is 0 Å². The molecule has 1 heterocycles. The molecule has 0 spiro atoms. The van der Waals surface area contributed by atoms with E-state index in [1.807, 2.05) is 53.4 Å². The van der Waals surface area contributed by atoms with Crippen LogP contribution in [0.15, 0.2) is 54.6 Å². The van der Waals surface area contributed by atoms with E-state index >= 15 is 0 Å². The number of rotatable bonds is 8. The number of fused-ring (bicyclic) bond motifs is 1. The molecule has 4 rings (SSSR count). The third-order valence-electron chi connectivity index (χ3n) is 7.02. The van der Waals surface area contributed by atoms with Gasteiger partial charge in [-0.15, -0.1) is 0 Å². The summed E-state index contributed by atoms with van der Waals surface area (Å²) in [6, 6.07) is 16.8. The molecule has 2 atom stereocenters. The second-order valence-electron chi connectivity index (χ2n) is 9.27. The fourth-order valence-electron chi connectivity index (χ4n) is 5.20. The molecule has 2 aromatic rings. The Balaban J connectivity index is 1.50. The van der Waals surface area contributed by atoms with Crippen LogP contribution < -0.4 is 10.2 Å². The fourth-order valence-corrected chi connectivity index (χ4v) is 5.20. The number of carboxylic acid groups (broad SMARTS) is 1. The topological polar surface area (TPSA) is 69.6 Å². The number of aliphatic carboxylic acids is 1. The second kappa shape index (κ2) is 10.8. The lowest BCUT2D eigenvalue weighted by atomic mass is 9.85. The number of carboxylic acids is 1. The molecule has 1 amide bonds. The van der Waals surface area contributed by atoms with Crippen LogP contribution in [0.2, 0.25) is 0 Å². The van der Waals surface area contributed by atoms with Gasteiger partial charge in [0.2, 0.25) is 5.91 Å². The minimum atomic E-state index is -0.857. The van der Waals surface area contributed by atoms with E-state index in [1.54, 1.807) is 0 Å². The summed E-state index contributed by atoms with van der Waals surface area (Å²) in [5.74, 6) is -0.274. The van der Waals surface area contributed by atoms with Crippen LogP contribution in [0.4, 0.5) is 5.69 Å². The van der Waals surface area contributed by atoms with E-state index in [4.69, 9.17) is 0 Å². The predicted octanol–water partition coefficient (Wildman–Crippen LogP) is 4.94. The molecule has 1 fully saturated rings. The highest BCUT2D eigenvalue weighted by molar-refractivity contribution is 5.98. The number of benzene rings is 2. The Morgan fingerprint density at radius 3 is 2.47 bits per heavy atom. The molecule has 5 nitrogen and oxygen atoms in total. The zero-order valence-corrected chi connectivity index (χ0v) is 18.7. The molecule has 2 N–H and O–H groups in total. The first-order valence-electron chi connectivity index (χ1n) is 12.0. The molecule has 2 aromatic carbocycles. The minimum Gasteiger partial charge on any atom is -0.480 e. The average molecular weight is 435 g/mol. The lowest BCUT2D eigenvalue weighted by Gasteiger charge is -2.29. The summed E-state index contributed by atoms with van der Waals surface area (Å²) in [6.45, 7) is 0.481. The van der Waals surface area contributed by atoms with Gasteiger partial charge in [0.1, 0.15) is 6.04 Å². The largest absolute Gasteiger partial charge is 0.480 e. The number of hydrogen-bond donors (Lipinski definition) is 2. The van der Waals surface area contributed by atoms with Crippen molar-refractivity contribution in [2.75, 3.05) is 4.90 Å². The first kappa shape index (κ1) is 22.5. The molecule has 32 heavy (non-hydrogen) atoms. The third-order valence-corrected chi connectivity index (χ3v) is 7.02.